The molecule has 9 nitrogen and oxygen atoms in total. The van der Waals surface area contributed by atoms with Crippen LogP contribution in [0.25, 0.3) is 0 Å². The minimum atomic E-state index is -0.204. The molecule has 0 aromatic carbocycles. The molecule has 4 rings (SSSR count). The van der Waals surface area contributed by atoms with Gasteiger partial charge in [0.15, 0.2) is 5.82 Å². The Morgan fingerprint density at radius 1 is 1.30 bits per heavy atom. The lowest BCUT2D eigenvalue weighted by Gasteiger charge is -2.38. The van der Waals surface area contributed by atoms with Gasteiger partial charge < -0.3 is 19.7 Å². The monoisotopic (exact) mass is 413 g/mol. The number of ether oxygens (including phenoxy) is 2. The van der Waals surface area contributed by atoms with E-state index in [0.29, 0.717) is 11.7 Å². The summed E-state index contributed by atoms with van der Waals surface area (Å²) in [7, 11) is 1.54. The lowest BCUT2D eigenvalue weighted by molar-refractivity contribution is -0.115. The van der Waals surface area contributed by atoms with Crippen molar-refractivity contribution in [2.45, 2.75) is 57.1 Å². The lowest BCUT2D eigenvalue weighted by atomic mass is 10.0. The molecule has 1 saturated carbocycles. The molecule has 2 fully saturated rings. The van der Waals surface area contributed by atoms with Gasteiger partial charge in [-0.15, -0.1) is 0 Å². The van der Waals surface area contributed by atoms with Crippen LogP contribution in [0.3, 0.4) is 0 Å². The summed E-state index contributed by atoms with van der Waals surface area (Å²) in [5.74, 6) is 1.04. The predicted molar refractivity (Wildman–Crippen MR) is 109 cm³/mol. The highest BCUT2D eigenvalue weighted by Crippen LogP contribution is 2.36. The number of aromatic amines is 1. The number of nitrogens with zero attached hydrogens (tertiary/aromatic N) is 3. The fraction of sp³-hybridized carbons (Fsp3) is 0.524. The van der Waals surface area contributed by atoms with Crippen LogP contribution < -0.4 is 10.1 Å². The highest BCUT2D eigenvalue weighted by Gasteiger charge is 2.34. The Balaban J connectivity index is 1.27. The smallest absolute Gasteiger partial charge is 0.410 e. The molecule has 1 aliphatic carbocycles. The fourth-order valence-corrected chi connectivity index (χ4v) is 3.98. The van der Waals surface area contributed by atoms with Gasteiger partial charge in [-0.3, -0.25) is 9.89 Å². The molecule has 3 atom stereocenters. The first-order chi connectivity index (χ1) is 14.5. The van der Waals surface area contributed by atoms with Gasteiger partial charge in [0.1, 0.15) is 6.10 Å². The van der Waals surface area contributed by atoms with Crippen LogP contribution in [0, 0.1) is 0 Å². The van der Waals surface area contributed by atoms with E-state index in [1.807, 2.05) is 13.0 Å². The average molecular weight is 413 g/mol. The molecule has 1 saturated heterocycles. The SMILES string of the molecule is COc1cc(CC(=O)Nc2cc([C@H]3CC[C@@H](OC(=O)N4CCC4C)C3)[nH]n2)ccn1. The number of rotatable bonds is 6. The lowest BCUT2D eigenvalue weighted by Crippen LogP contribution is -2.50. The van der Waals surface area contributed by atoms with E-state index >= 15 is 0 Å². The molecular formula is C21H27N5O4. The van der Waals surface area contributed by atoms with E-state index in [2.05, 4.69) is 20.5 Å². The largest absolute Gasteiger partial charge is 0.481 e. The van der Waals surface area contributed by atoms with E-state index in [1.165, 1.54) is 7.11 Å². The first-order valence-electron chi connectivity index (χ1n) is 10.3. The van der Waals surface area contributed by atoms with Crippen molar-refractivity contribution in [2.75, 3.05) is 19.0 Å². The molecule has 2 aromatic rings. The first kappa shape index (κ1) is 20.2. The Hall–Kier alpha value is -3.10. The van der Waals surface area contributed by atoms with Gasteiger partial charge in [0.2, 0.25) is 11.8 Å². The summed E-state index contributed by atoms with van der Waals surface area (Å²) in [4.78, 5) is 30.3. The van der Waals surface area contributed by atoms with Crippen LogP contribution in [-0.4, -0.2) is 57.9 Å². The van der Waals surface area contributed by atoms with E-state index < -0.39 is 0 Å². The molecule has 0 bridgehead atoms. The van der Waals surface area contributed by atoms with Crippen molar-refractivity contribution >= 4 is 17.8 Å². The number of amides is 2. The van der Waals surface area contributed by atoms with Crippen molar-refractivity contribution in [2.24, 2.45) is 0 Å². The molecule has 3 heterocycles. The maximum Gasteiger partial charge on any atom is 0.410 e. The minimum absolute atomic E-state index is 0.0710. The molecule has 9 heteroatoms. The van der Waals surface area contributed by atoms with Crippen molar-refractivity contribution in [1.82, 2.24) is 20.1 Å². The van der Waals surface area contributed by atoms with Crippen molar-refractivity contribution in [1.29, 1.82) is 0 Å². The molecule has 160 valence electrons. The van der Waals surface area contributed by atoms with E-state index in [1.54, 1.807) is 23.2 Å². The van der Waals surface area contributed by atoms with Crippen molar-refractivity contribution in [3.63, 3.8) is 0 Å². The highest BCUT2D eigenvalue weighted by atomic mass is 16.6. The van der Waals surface area contributed by atoms with E-state index in [9.17, 15) is 9.59 Å². The second-order valence-corrected chi connectivity index (χ2v) is 7.99. The summed E-state index contributed by atoms with van der Waals surface area (Å²) in [5, 5.41) is 10.0. The Bertz CT molecular complexity index is 914. The van der Waals surface area contributed by atoms with Gasteiger partial charge in [-0.1, -0.05) is 0 Å². The number of hydrogen-bond donors (Lipinski definition) is 2. The number of aromatic nitrogens is 3. The molecule has 2 aliphatic rings. The van der Waals surface area contributed by atoms with Crippen LogP contribution in [0.15, 0.2) is 24.4 Å². The summed E-state index contributed by atoms with van der Waals surface area (Å²) in [6, 6.07) is 5.65. The number of carbonyl (C=O) groups is 2. The zero-order valence-electron chi connectivity index (χ0n) is 17.3. The maximum atomic E-state index is 12.3. The third-order valence-electron chi connectivity index (χ3n) is 5.88. The zero-order chi connectivity index (χ0) is 21.1. The molecule has 2 amide bonds. The number of likely N-dealkylation sites (tertiary alicyclic amines) is 1. The van der Waals surface area contributed by atoms with Crippen LogP contribution in [0.4, 0.5) is 10.6 Å². The quantitative estimate of drug-likeness (QED) is 0.754. The van der Waals surface area contributed by atoms with Crippen LogP contribution >= 0.6 is 0 Å². The number of nitrogens with one attached hydrogen (secondary N) is 2. The van der Waals surface area contributed by atoms with E-state index in [0.717, 1.165) is 43.5 Å². The Morgan fingerprint density at radius 3 is 2.90 bits per heavy atom. The number of hydrogen-bond acceptors (Lipinski definition) is 6. The van der Waals surface area contributed by atoms with Crippen molar-refractivity contribution in [3.05, 3.63) is 35.7 Å². The van der Waals surface area contributed by atoms with Crippen molar-refractivity contribution in [3.8, 4) is 5.88 Å². The van der Waals surface area contributed by atoms with E-state index in [4.69, 9.17) is 9.47 Å². The number of anilines is 1. The second kappa shape index (κ2) is 8.73. The van der Waals surface area contributed by atoms with Crippen LogP contribution in [0.2, 0.25) is 0 Å². The van der Waals surface area contributed by atoms with Gasteiger partial charge in [-0.25, -0.2) is 9.78 Å². The summed E-state index contributed by atoms with van der Waals surface area (Å²) in [5.41, 5.74) is 1.76. The summed E-state index contributed by atoms with van der Waals surface area (Å²) >= 11 is 0. The molecule has 30 heavy (non-hydrogen) atoms. The summed E-state index contributed by atoms with van der Waals surface area (Å²) in [6.07, 6.45) is 5.10. The van der Waals surface area contributed by atoms with Crippen LogP contribution in [0.1, 0.15) is 49.8 Å². The Morgan fingerprint density at radius 2 is 2.17 bits per heavy atom. The summed E-state index contributed by atoms with van der Waals surface area (Å²) in [6.45, 7) is 2.82. The zero-order valence-corrected chi connectivity index (χ0v) is 17.3. The molecule has 1 unspecified atom stereocenters. The minimum Gasteiger partial charge on any atom is -0.481 e. The fourth-order valence-electron chi connectivity index (χ4n) is 3.98. The standard InChI is InChI=1S/C21H27N5O4/c1-13-6-8-26(13)21(28)30-16-4-3-15(11-16)17-12-18(25-24-17)23-19(27)9-14-5-7-22-20(10-14)29-2/h5,7,10,12-13,15-16H,3-4,6,8-9,11H2,1-2H3,(H2,23,24,25,27)/t13?,15-,16+/m0/s1. The third kappa shape index (κ3) is 4.55. The number of methoxy groups -OCH3 is 1. The highest BCUT2D eigenvalue weighted by molar-refractivity contribution is 5.91. The molecule has 0 spiro atoms. The number of H-pyrrole nitrogens is 1. The maximum absolute atomic E-state index is 12.3. The predicted octanol–water partition coefficient (Wildman–Crippen LogP) is 2.86. The summed E-state index contributed by atoms with van der Waals surface area (Å²) < 4.78 is 10.7. The van der Waals surface area contributed by atoms with Gasteiger partial charge in [-0.2, -0.15) is 5.10 Å². The van der Waals surface area contributed by atoms with Crippen molar-refractivity contribution < 1.29 is 19.1 Å². The molecular weight excluding hydrogens is 386 g/mol. The number of carbonyl (C=O) groups excluding carboxylic acids is 2. The van der Waals surface area contributed by atoms with Gasteiger partial charge in [0.05, 0.1) is 13.5 Å². The number of pyridine rings is 1. The van der Waals surface area contributed by atoms with Gasteiger partial charge in [0, 0.05) is 42.5 Å². The average Bonchev–Trinajstić information content (AvgIpc) is 3.36. The van der Waals surface area contributed by atoms with E-state index in [-0.39, 0.29) is 36.5 Å². The second-order valence-electron chi connectivity index (χ2n) is 7.99. The Kier molecular flexibility index (Phi) is 5.87. The first-order valence-corrected chi connectivity index (χ1v) is 10.3. The molecule has 2 N–H and O–H groups in total. The Labute approximate surface area is 175 Å². The van der Waals surface area contributed by atoms with Crippen LogP contribution in [0.5, 0.6) is 5.88 Å². The molecule has 1 aliphatic heterocycles. The van der Waals surface area contributed by atoms with Gasteiger partial charge in [-0.05, 0) is 44.2 Å². The molecule has 0 radical (unpaired) electrons. The normalized spacial score (nSPS) is 23.0. The topological polar surface area (TPSA) is 109 Å². The van der Waals surface area contributed by atoms with Crippen LogP contribution in [-0.2, 0) is 16.0 Å². The van der Waals surface area contributed by atoms with Gasteiger partial charge >= 0.3 is 6.09 Å². The van der Waals surface area contributed by atoms with Gasteiger partial charge in [0.25, 0.3) is 0 Å². The third-order valence-corrected chi connectivity index (χ3v) is 5.88. The molecule has 2 aromatic heterocycles.